The van der Waals surface area contributed by atoms with Crippen molar-refractivity contribution < 1.29 is 4.52 Å². The summed E-state index contributed by atoms with van der Waals surface area (Å²) < 4.78 is 5.23. The molecule has 0 amide bonds. The highest BCUT2D eigenvalue weighted by molar-refractivity contribution is 7.81. The zero-order valence-electron chi connectivity index (χ0n) is 5.04. The van der Waals surface area contributed by atoms with Crippen molar-refractivity contribution in [1.82, 2.24) is 0 Å². The molecule has 0 saturated heterocycles. The smallest absolute Gasteiger partial charge is 0.294 e. The second-order valence-corrected chi connectivity index (χ2v) is 3.76. The van der Waals surface area contributed by atoms with Gasteiger partial charge in [0.25, 0.3) is 7.65 Å². The predicted molar refractivity (Wildman–Crippen MR) is 43.5 cm³/mol. The molecule has 1 aromatic rings. The molecule has 0 spiro atoms. The van der Waals surface area contributed by atoms with Gasteiger partial charge in [0.2, 0.25) is 0 Å². The van der Waals surface area contributed by atoms with Crippen LogP contribution >= 0.6 is 18.9 Å². The zero-order chi connectivity index (χ0) is 6.97. The van der Waals surface area contributed by atoms with E-state index in [0.29, 0.717) is 0 Å². The van der Waals surface area contributed by atoms with Crippen LogP contribution < -0.4 is 9.61 Å². The number of nitrogens with one attached hydrogen (secondary N) is 1. The lowest BCUT2D eigenvalue weighted by molar-refractivity contribution is 0.647. The summed E-state index contributed by atoms with van der Waals surface area (Å²) in [6.07, 6.45) is 0. The van der Waals surface area contributed by atoms with Crippen LogP contribution in [0.25, 0.3) is 0 Å². The maximum absolute atomic E-state index is 5.71. The molecule has 0 radical (unpaired) electrons. The van der Waals surface area contributed by atoms with Crippen molar-refractivity contribution in [3.63, 3.8) is 0 Å². The topological polar surface area (TPSA) is 21.3 Å². The highest BCUT2D eigenvalue weighted by Crippen LogP contribution is 2.52. The quantitative estimate of drug-likeness (QED) is 0.609. The summed E-state index contributed by atoms with van der Waals surface area (Å²) in [5.74, 6) is 0.851. The Bertz CT molecular complexity index is 230. The normalized spacial score (nSPS) is 21.1. The van der Waals surface area contributed by atoms with Crippen molar-refractivity contribution >= 4 is 24.6 Å². The van der Waals surface area contributed by atoms with Gasteiger partial charge in [-0.1, -0.05) is 12.1 Å². The molecule has 4 heteroatoms. The van der Waals surface area contributed by atoms with Crippen LogP contribution in [0.15, 0.2) is 24.3 Å². The molecule has 2 rings (SSSR count). The number of anilines is 1. The van der Waals surface area contributed by atoms with Gasteiger partial charge in [0.15, 0.2) is 0 Å². The molecule has 2 nitrogen and oxygen atoms in total. The number of hydrogen-bond donors (Lipinski definition) is 1. The van der Waals surface area contributed by atoms with E-state index >= 15 is 0 Å². The van der Waals surface area contributed by atoms with Gasteiger partial charge in [-0.3, -0.25) is 0 Å². The van der Waals surface area contributed by atoms with Crippen molar-refractivity contribution in [3.05, 3.63) is 24.3 Å². The average molecular weight is 174 g/mol. The molecular formula is C6H5ClNOP. The molecule has 1 heterocycles. The lowest BCUT2D eigenvalue weighted by atomic mass is 10.3. The summed E-state index contributed by atoms with van der Waals surface area (Å²) in [5, 5.41) is 3.01. The molecular weight excluding hydrogens is 168 g/mol. The lowest BCUT2D eigenvalue weighted by Crippen LogP contribution is -1.76. The summed E-state index contributed by atoms with van der Waals surface area (Å²) in [6, 6.07) is 7.71. The third-order valence-corrected chi connectivity index (χ3v) is 2.51. The Kier molecular flexibility index (Phi) is 1.44. The zero-order valence-corrected chi connectivity index (χ0v) is 6.69. The van der Waals surface area contributed by atoms with Gasteiger partial charge in [-0.05, 0) is 23.4 Å². The van der Waals surface area contributed by atoms with Crippen LogP contribution in [0.4, 0.5) is 5.69 Å². The minimum atomic E-state index is -0.970. The molecule has 52 valence electrons. The Morgan fingerprint density at radius 2 is 2.20 bits per heavy atom. The minimum absolute atomic E-state index is 0.851. The molecule has 0 aliphatic carbocycles. The van der Waals surface area contributed by atoms with E-state index in [-0.39, 0.29) is 0 Å². The Labute approximate surface area is 64.8 Å². The van der Waals surface area contributed by atoms with Crippen molar-refractivity contribution in [1.29, 1.82) is 0 Å². The van der Waals surface area contributed by atoms with Crippen LogP contribution in [0, 0.1) is 0 Å². The highest BCUT2D eigenvalue weighted by Gasteiger charge is 2.18. The van der Waals surface area contributed by atoms with E-state index in [1.807, 2.05) is 24.3 Å². The molecule has 1 atom stereocenters. The first kappa shape index (κ1) is 6.26. The van der Waals surface area contributed by atoms with Gasteiger partial charge in [0, 0.05) is 0 Å². The van der Waals surface area contributed by atoms with Crippen molar-refractivity contribution in [2.75, 3.05) is 5.09 Å². The first-order valence-electron chi connectivity index (χ1n) is 2.86. The second kappa shape index (κ2) is 2.30. The van der Waals surface area contributed by atoms with E-state index in [9.17, 15) is 0 Å². The highest BCUT2D eigenvalue weighted by atomic mass is 35.7. The molecule has 1 unspecified atom stereocenters. The monoisotopic (exact) mass is 173 g/mol. The Hall–Kier alpha value is -0.460. The number of hydrogen-bond acceptors (Lipinski definition) is 2. The van der Waals surface area contributed by atoms with Gasteiger partial charge in [-0.15, -0.1) is 0 Å². The maximum Gasteiger partial charge on any atom is 0.294 e. The number of para-hydroxylation sites is 2. The van der Waals surface area contributed by atoms with E-state index in [4.69, 9.17) is 15.8 Å². The van der Waals surface area contributed by atoms with E-state index < -0.39 is 7.65 Å². The molecule has 10 heavy (non-hydrogen) atoms. The molecule has 0 fully saturated rings. The second-order valence-electron chi connectivity index (χ2n) is 1.94. The lowest BCUT2D eigenvalue weighted by Gasteiger charge is -1.95. The van der Waals surface area contributed by atoms with Crippen LogP contribution in [-0.4, -0.2) is 0 Å². The standard InChI is InChI=1S/C6H5ClNOP/c7-10-8-5-3-1-2-4-6(5)9-10/h1-4,8H. The van der Waals surface area contributed by atoms with Gasteiger partial charge in [0.05, 0.1) is 5.69 Å². The molecule has 0 bridgehead atoms. The summed E-state index contributed by atoms with van der Waals surface area (Å²) in [7, 11) is -0.970. The average Bonchev–Trinajstić information content (AvgIpc) is 2.27. The van der Waals surface area contributed by atoms with Gasteiger partial charge in [-0.25, -0.2) is 0 Å². The third kappa shape index (κ3) is 0.938. The van der Waals surface area contributed by atoms with E-state index in [2.05, 4.69) is 5.09 Å². The number of rotatable bonds is 0. The van der Waals surface area contributed by atoms with Crippen LogP contribution in [0.1, 0.15) is 0 Å². The third-order valence-electron chi connectivity index (χ3n) is 1.27. The molecule has 0 saturated carbocycles. The number of halogens is 1. The first-order chi connectivity index (χ1) is 4.86. The first-order valence-corrected chi connectivity index (χ1v) is 5.02. The van der Waals surface area contributed by atoms with Crippen molar-refractivity contribution in [2.45, 2.75) is 0 Å². The van der Waals surface area contributed by atoms with Crippen molar-refractivity contribution in [3.8, 4) is 5.75 Å². The van der Waals surface area contributed by atoms with E-state index in [1.54, 1.807) is 0 Å². The van der Waals surface area contributed by atoms with Crippen molar-refractivity contribution in [2.24, 2.45) is 0 Å². The predicted octanol–water partition coefficient (Wildman–Crippen LogP) is 2.96. The Morgan fingerprint density at radius 3 is 3.00 bits per heavy atom. The van der Waals surface area contributed by atoms with E-state index in [1.165, 1.54) is 0 Å². The Morgan fingerprint density at radius 1 is 1.40 bits per heavy atom. The van der Waals surface area contributed by atoms with Crippen LogP contribution in [0.5, 0.6) is 5.75 Å². The summed E-state index contributed by atoms with van der Waals surface area (Å²) in [6.45, 7) is 0. The summed E-state index contributed by atoms with van der Waals surface area (Å²) in [4.78, 5) is 0. The number of benzene rings is 1. The van der Waals surface area contributed by atoms with Gasteiger partial charge in [0.1, 0.15) is 5.75 Å². The Balaban J connectivity index is 2.42. The summed E-state index contributed by atoms with van der Waals surface area (Å²) >= 11 is 5.71. The van der Waals surface area contributed by atoms with E-state index in [0.717, 1.165) is 11.4 Å². The van der Waals surface area contributed by atoms with Gasteiger partial charge >= 0.3 is 0 Å². The van der Waals surface area contributed by atoms with Gasteiger partial charge in [-0.2, -0.15) is 0 Å². The summed E-state index contributed by atoms with van der Waals surface area (Å²) in [5.41, 5.74) is 0.989. The fourth-order valence-electron chi connectivity index (χ4n) is 0.842. The molecule has 1 aliphatic rings. The number of fused-ring (bicyclic) bond motifs is 1. The van der Waals surface area contributed by atoms with Gasteiger partial charge < -0.3 is 9.61 Å². The molecule has 1 aromatic carbocycles. The van der Waals surface area contributed by atoms with Crippen LogP contribution in [-0.2, 0) is 0 Å². The molecule has 1 N–H and O–H groups in total. The fourth-order valence-corrected chi connectivity index (χ4v) is 2.09. The fraction of sp³-hybridized carbons (Fsp3) is 0. The van der Waals surface area contributed by atoms with Crippen LogP contribution in [0.2, 0.25) is 0 Å². The SMILES string of the molecule is ClP1Nc2ccccc2O1. The maximum atomic E-state index is 5.71. The van der Waals surface area contributed by atoms with Crippen LogP contribution in [0.3, 0.4) is 0 Å². The largest absolute Gasteiger partial charge is 0.439 e. The molecule has 1 aliphatic heterocycles. The minimum Gasteiger partial charge on any atom is -0.439 e. The molecule has 0 aromatic heterocycles.